The highest BCUT2D eigenvalue weighted by molar-refractivity contribution is 8.00. The summed E-state index contributed by atoms with van der Waals surface area (Å²) in [5.74, 6) is 2.73. The molecule has 1 saturated heterocycles. The molecule has 0 amide bonds. The molecule has 5 nitrogen and oxygen atoms in total. The van der Waals surface area contributed by atoms with Gasteiger partial charge in [-0.05, 0) is 25.5 Å². The smallest absolute Gasteiger partial charge is 0.213 e. The summed E-state index contributed by atoms with van der Waals surface area (Å²) in [4.78, 5) is 10.9. The zero-order valence-electron chi connectivity index (χ0n) is 13.2. The lowest BCUT2D eigenvalue weighted by Crippen LogP contribution is -2.50. The Balaban J connectivity index is 1.96. The van der Waals surface area contributed by atoms with Crippen molar-refractivity contribution in [3.8, 4) is 5.88 Å². The lowest BCUT2D eigenvalue weighted by atomic mass is 10.2. The molecule has 0 aromatic carbocycles. The molecule has 0 aliphatic carbocycles. The highest BCUT2D eigenvalue weighted by Crippen LogP contribution is 2.29. The third-order valence-corrected chi connectivity index (χ3v) is 4.69. The van der Waals surface area contributed by atoms with Crippen LogP contribution in [-0.2, 0) is 6.54 Å². The van der Waals surface area contributed by atoms with Crippen LogP contribution in [0.1, 0.15) is 19.4 Å². The molecule has 0 radical (unpaired) electrons. The predicted molar refractivity (Wildman–Crippen MR) is 89.1 cm³/mol. The van der Waals surface area contributed by atoms with Crippen LogP contribution in [0.2, 0.25) is 0 Å². The van der Waals surface area contributed by atoms with E-state index in [1.807, 2.05) is 30.9 Å². The highest BCUT2D eigenvalue weighted by Gasteiger charge is 2.28. The lowest BCUT2D eigenvalue weighted by molar-refractivity contribution is 0.375. The first-order valence-corrected chi connectivity index (χ1v) is 8.11. The Morgan fingerprint density at radius 1 is 1.57 bits per heavy atom. The van der Waals surface area contributed by atoms with Crippen molar-refractivity contribution in [1.29, 1.82) is 0 Å². The summed E-state index contributed by atoms with van der Waals surface area (Å²) in [7, 11) is 3.47. The van der Waals surface area contributed by atoms with E-state index in [-0.39, 0.29) is 4.75 Å². The molecule has 1 aliphatic rings. The van der Waals surface area contributed by atoms with Crippen LogP contribution in [0.15, 0.2) is 23.3 Å². The van der Waals surface area contributed by atoms with Crippen LogP contribution < -0.4 is 10.1 Å². The minimum absolute atomic E-state index is 0.274. The van der Waals surface area contributed by atoms with Gasteiger partial charge in [0.1, 0.15) is 0 Å². The Bertz CT molecular complexity index is 504. The van der Waals surface area contributed by atoms with E-state index in [4.69, 9.17) is 4.74 Å². The second kappa shape index (κ2) is 7.02. The van der Waals surface area contributed by atoms with Gasteiger partial charge in [0.25, 0.3) is 0 Å². The fraction of sp³-hybridized carbons (Fsp3) is 0.600. The fourth-order valence-corrected chi connectivity index (χ4v) is 3.49. The van der Waals surface area contributed by atoms with Crippen molar-refractivity contribution in [2.75, 3.05) is 33.0 Å². The third-order valence-electron chi connectivity index (χ3n) is 3.40. The number of hydrogen-bond donors (Lipinski definition) is 1. The second-order valence-electron chi connectivity index (χ2n) is 5.64. The Labute approximate surface area is 131 Å². The molecule has 1 aromatic heterocycles. The molecule has 0 atom stereocenters. The molecular formula is C15H24N4OS. The van der Waals surface area contributed by atoms with Gasteiger partial charge in [0, 0.05) is 49.4 Å². The molecule has 0 saturated carbocycles. The minimum atomic E-state index is 0.274. The summed E-state index contributed by atoms with van der Waals surface area (Å²) in [5, 5.41) is 3.43. The van der Waals surface area contributed by atoms with Crippen LogP contribution >= 0.6 is 11.8 Å². The number of aromatic nitrogens is 1. The second-order valence-corrected chi connectivity index (χ2v) is 7.44. The van der Waals surface area contributed by atoms with E-state index in [9.17, 15) is 0 Å². The van der Waals surface area contributed by atoms with Crippen LogP contribution in [0.4, 0.5) is 0 Å². The van der Waals surface area contributed by atoms with E-state index < -0.39 is 0 Å². The largest absolute Gasteiger partial charge is 0.481 e. The molecule has 1 aliphatic heterocycles. The number of methoxy groups -OCH3 is 1. The van der Waals surface area contributed by atoms with Gasteiger partial charge in [-0.1, -0.05) is 0 Å². The van der Waals surface area contributed by atoms with Crippen molar-refractivity contribution in [2.45, 2.75) is 25.1 Å². The molecule has 21 heavy (non-hydrogen) atoms. The predicted octanol–water partition coefficient (Wildman–Crippen LogP) is 1.99. The molecule has 0 bridgehead atoms. The van der Waals surface area contributed by atoms with Gasteiger partial charge in [0.2, 0.25) is 5.88 Å². The Morgan fingerprint density at radius 3 is 3.05 bits per heavy atom. The van der Waals surface area contributed by atoms with Crippen molar-refractivity contribution >= 4 is 17.7 Å². The fourth-order valence-electron chi connectivity index (χ4n) is 2.38. The van der Waals surface area contributed by atoms with Crippen molar-refractivity contribution < 1.29 is 4.74 Å². The molecule has 116 valence electrons. The summed E-state index contributed by atoms with van der Waals surface area (Å²) in [5.41, 5.74) is 1.13. The zero-order valence-corrected chi connectivity index (χ0v) is 14.0. The van der Waals surface area contributed by atoms with Gasteiger partial charge in [-0.15, -0.1) is 0 Å². The van der Waals surface area contributed by atoms with Crippen LogP contribution in [0, 0.1) is 0 Å². The highest BCUT2D eigenvalue weighted by atomic mass is 32.2. The Kier molecular flexibility index (Phi) is 5.33. The standard InChI is InChI=1S/C15H24N4OS/c1-15(2)11-19(7-8-21-15)14(16-3)18-10-12-5-6-17-13(9-12)20-4/h5-6,9H,7-8,10-11H2,1-4H3,(H,16,18). The van der Waals surface area contributed by atoms with Gasteiger partial charge < -0.3 is 15.0 Å². The van der Waals surface area contributed by atoms with Crippen LogP contribution in [0.3, 0.4) is 0 Å². The number of nitrogens with one attached hydrogen (secondary N) is 1. The van der Waals surface area contributed by atoms with E-state index in [0.717, 1.165) is 36.9 Å². The molecule has 1 fully saturated rings. The van der Waals surface area contributed by atoms with Gasteiger partial charge in [0.05, 0.1) is 7.11 Å². The first-order valence-electron chi connectivity index (χ1n) is 7.12. The summed E-state index contributed by atoms with van der Waals surface area (Å²) < 4.78 is 5.42. The number of guanidine groups is 1. The van der Waals surface area contributed by atoms with E-state index in [2.05, 4.69) is 34.0 Å². The van der Waals surface area contributed by atoms with Gasteiger partial charge in [-0.25, -0.2) is 4.98 Å². The number of hydrogen-bond acceptors (Lipinski definition) is 4. The van der Waals surface area contributed by atoms with Crippen molar-refractivity contribution in [1.82, 2.24) is 15.2 Å². The van der Waals surface area contributed by atoms with Crippen LogP contribution in [0.25, 0.3) is 0 Å². The molecular weight excluding hydrogens is 284 g/mol. The van der Waals surface area contributed by atoms with Crippen molar-refractivity contribution in [3.05, 3.63) is 23.9 Å². The molecule has 1 aromatic rings. The first kappa shape index (κ1) is 15.9. The summed E-state index contributed by atoms with van der Waals surface area (Å²) in [6.45, 7) is 7.33. The average Bonchev–Trinajstić information content (AvgIpc) is 2.47. The van der Waals surface area contributed by atoms with Crippen LogP contribution in [0.5, 0.6) is 5.88 Å². The van der Waals surface area contributed by atoms with Gasteiger partial charge in [-0.3, -0.25) is 4.99 Å². The number of nitrogens with zero attached hydrogens (tertiary/aromatic N) is 3. The monoisotopic (exact) mass is 308 g/mol. The maximum absolute atomic E-state index is 5.15. The Morgan fingerprint density at radius 2 is 2.38 bits per heavy atom. The Hall–Kier alpha value is -1.43. The van der Waals surface area contributed by atoms with E-state index in [0.29, 0.717) is 5.88 Å². The van der Waals surface area contributed by atoms with Crippen molar-refractivity contribution in [3.63, 3.8) is 0 Å². The molecule has 1 N–H and O–H groups in total. The number of thioether (sulfide) groups is 1. The number of ether oxygens (including phenoxy) is 1. The molecule has 6 heteroatoms. The van der Waals surface area contributed by atoms with Gasteiger partial charge >= 0.3 is 0 Å². The molecule has 0 spiro atoms. The first-order chi connectivity index (χ1) is 10.0. The SMILES string of the molecule is CN=C(NCc1ccnc(OC)c1)N1CCSC(C)(C)C1. The topological polar surface area (TPSA) is 49.8 Å². The molecule has 2 rings (SSSR count). The van der Waals surface area contributed by atoms with Gasteiger partial charge in [-0.2, -0.15) is 11.8 Å². The van der Waals surface area contributed by atoms with E-state index >= 15 is 0 Å². The van der Waals surface area contributed by atoms with E-state index in [1.165, 1.54) is 0 Å². The number of aliphatic imine (C=N–C) groups is 1. The maximum Gasteiger partial charge on any atom is 0.213 e. The molecule has 0 unspecified atom stereocenters. The molecule has 2 heterocycles. The summed E-state index contributed by atoms with van der Waals surface area (Å²) in [6, 6.07) is 3.93. The van der Waals surface area contributed by atoms with Gasteiger partial charge in [0.15, 0.2) is 5.96 Å². The summed E-state index contributed by atoms with van der Waals surface area (Å²) in [6.07, 6.45) is 1.76. The van der Waals surface area contributed by atoms with E-state index in [1.54, 1.807) is 13.3 Å². The number of pyridine rings is 1. The third kappa shape index (κ3) is 4.52. The minimum Gasteiger partial charge on any atom is -0.481 e. The normalized spacial score (nSPS) is 18.5. The van der Waals surface area contributed by atoms with Crippen molar-refractivity contribution in [2.24, 2.45) is 4.99 Å². The van der Waals surface area contributed by atoms with Crippen LogP contribution in [-0.4, -0.2) is 53.6 Å². The quantitative estimate of drug-likeness (QED) is 0.683. The lowest BCUT2D eigenvalue weighted by Gasteiger charge is -2.39. The number of rotatable bonds is 3. The summed E-state index contributed by atoms with van der Waals surface area (Å²) >= 11 is 2.02. The zero-order chi connectivity index (χ0) is 15.3. The maximum atomic E-state index is 5.15. The average molecular weight is 308 g/mol.